The zero-order valence-corrected chi connectivity index (χ0v) is 19.4. The number of nitrogens with one attached hydrogen (secondary N) is 1. The summed E-state index contributed by atoms with van der Waals surface area (Å²) in [6.45, 7) is 0. The molecule has 2 atom stereocenters. The lowest BCUT2D eigenvalue weighted by molar-refractivity contribution is -0.157. The molecule has 10 nitrogen and oxygen atoms in total. The number of ether oxygens (including phenoxy) is 4. The number of hydrogen-bond acceptors (Lipinski definition) is 8. The van der Waals surface area contributed by atoms with E-state index in [4.69, 9.17) is 18.9 Å². The van der Waals surface area contributed by atoms with Crippen LogP contribution in [0.3, 0.4) is 0 Å². The molecule has 36 heavy (non-hydrogen) atoms. The highest BCUT2D eigenvalue weighted by atomic mass is 16.6. The maximum atomic E-state index is 13.3. The van der Waals surface area contributed by atoms with E-state index in [-0.39, 0.29) is 22.6 Å². The van der Waals surface area contributed by atoms with Gasteiger partial charge in [-0.25, -0.2) is 14.4 Å². The standard InChI is InChI=1S/C26H23NO9/c1-33-18-13-14-20(34-2)19(15-18)27-23(28)21(35-25(31)16-9-5-3-6-10-16)22(24(29)30)36-26(32)17-11-7-4-8-12-17/h3-15,21-22H,1-2H3,(H,27,28)(H,29,30)/t21-,22-/m1/s1. The van der Waals surface area contributed by atoms with E-state index in [2.05, 4.69) is 5.32 Å². The van der Waals surface area contributed by atoms with Crippen molar-refractivity contribution >= 4 is 29.5 Å². The first kappa shape index (κ1) is 25.8. The van der Waals surface area contributed by atoms with Crippen LogP contribution in [0.2, 0.25) is 0 Å². The molecule has 0 bridgehead atoms. The van der Waals surface area contributed by atoms with Gasteiger partial charge < -0.3 is 29.4 Å². The van der Waals surface area contributed by atoms with E-state index in [0.29, 0.717) is 5.75 Å². The number of carboxylic acids is 1. The molecule has 0 saturated carbocycles. The first-order valence-electron chi connectivity index (χ1n) is 10.6. The Balaban J connectivity index is 1.95. The van der Waals surface area contributed by atoms with E-state index >= 15 is 0 Å². The third-order valence-corrected chi connectivity index (χ3v) is 4.93. The summed E-state index contributed by atoms with van der Waals surface area (Å²) in [5, 5.41) is 12.3. The molecular formula is C26H23NO9. The van der Waals surface area contributed by atoms with E-state index in [1.807, 2.05) is 0 Å². The van der Waals surface area contributed by atoms with Crippen LogP contribution in [-0.4, -0.2) is 55.3 Å². The average Bonchev–Trinajstić information content (AvgIpc) is 2.91. The van der Waals surface area contributed by atoms with Crippen LogP contribution in [0, 0.1) is 0 Å². The van der Waals surface area contributed by atoms with E-state index in [1.165, 1.54) is 50.6 Å². The predicted molar refractivity (Wildman–Crippen MR) is 127 cm³/mol. The molecule has 10 heteroatoms. The van der Waals surface area contributed by atoms with Crippen LogP contribution < -0.4 is 14.8 Å². The SMILES string of the molecule is COc1ccc(OC)c(NC(=O)[C@H](OC(=O)c2ccccc2)[C@@H](OC(=O)c2ccccc2)C(=O)O)c1. The van der Waals surface area contributed by atoms with Crippen molar-refractivity contribution in [2.75, 3.05) is 19.5 Å². The molecule has 0 fully saturated rings. The number of amides is 1. The van der Waals surface area contributed by atoms with Crippen LogP contribution in [0.1, 0.15) is 20.7 Å². The van der Waals surface area contributed by atoms with Gasteiger partial charge in [-0.15, -0.1) is 0 Å². The van der Waals surface area contributed by atoms with Crippen molar-refractivity contribution in [3.63, 3.8) is 0 Å². The van der Waals surface area contributed by atoms with Gasteiger partial charge in [0.05, 0.1) is 31.0 Å². The summed E-state index contributed by atoms with van der Waals surface area (Å²) in [7, 11) is 2.79. The molecule has 3 aromatic rings. The van der Waals surface area contributed by atoms with Gasteiger partial charge in [0.2, 0.25) is 12.2 Å². The lowest BCUT2D eigenvalue weighted by Crippen LogP contribution is -2.48. The van der Waals surface area contributed by atoms with Crippen molar-refractivity contribution in [3.05, 3.63) is 90.0 Å². The summed E-state index contributed by atoms with van der Waals surface area (Å²) in [6, 6.07) is 19.8. The molecule has 0 heterocycles. The molecule has 0 unspecified atom stereocenters. The normalized spacial score (nSPS) is 11.9. The Bertz CT molecular complexity index is 1230. The van der Waals surface area contributed by atoms with E-state index < -0.39 is 36.0 Å². The first-order chi connectivity index (χ1) is 17.3. The van der Waals surface area contributed by atoms with Crippen molar-refractivity contribution < 1.29 is 43.2 Å². The monoisotopic (exact) mass is 493 g/mol. The largest absolute Gasteiger partial charge is 0.497 e. The fourth-order valence-electron chi connectivity index (χ4n) is 3.13. The Kier molecular flexibility index (Phi) is 8.60. The van der Waals surface area contributed by atoms with E-state index in [1.54, 1.807) is 42.5 Å². The first-order valence-corrected chi connectivity index (χ1v) is 10.6. The number of methoxy groups -OCH3 is 2. The molecule has 0 radical (unpaired) electrons. The Morgan fingerprint density at radius 1 is 0.722 bits per heavy atom. The van der Waals surface area contributed by atoms with Crippen molar-refractivity contribution in [1.29, 1.82) is 0 Å². The van der Waals surface area contributed by atoms with E-state index in [9.17, 15) is 24.3 Å². The van der Waals surface area contributed by atoms with Crippen molar-refractivity contribution in [3.8, 4) is 11.5 Å². The molecule has 0 spiro atoms. The van der Waals surface area contributed by atoms with Gasteiger partial charge in [-0.3, -0.25) is 4.79 Å². The van der Waals surface area contributed by atoms with Crippen molar-refractivity contribution in [1.82, 2.24) is 0 Å². The van der Waals surface area contributed by atoms with Gasteiger partial charge in [0.15, 0.2) is 0 Å². The molecule has 0 aliphatic rings. The number of carboxylic acid groups (broad SMARTS) is 1. The molecule has 0 aliphatic carbocycles. The van der Waals surface area contributed by atoms with Gasteiger partial charge in [0.25, 0.3) is 5.91 Å². The molecular weight excluding hydrogens is 470 g/mol. The number of esters is 2. The second-order valence-electron chi connectivity index (χ2n) is 7.28. The molecule has 3 rings (SSSR count). The van der Waals surface area contributed by atoms with Crippen LogP contribution in [0.25, 0.3) is 0 Å². The number of rotatable bonds is 10. The number of carbonyl (C=O) groups is 4. The fourth-order valence-corrected chi connectivity index (χ4v) is 3.13. The van der Waals surface area contributed by atoms with Crippen LogP contribution in [0.5, 0.6) is 11.5 Å². The van der Waals surface area contributed by atoms with Crippen LogP contribution >= 0.6 is 0 Å². The zero-order valence-electron chi connectivity index (χ0n) is 19.4. The van der Waals surface area contributed by atoms with Crippen molar-refractivity contribution in [2.24, 2.45) is 0 Å². The van der Waals surface area contributed by atoms with Crippen LogP contribution in [0.15, 0.2) is 78.9 Å². The minimum absolute atomic E-state index is 0.0479. The van der Waals surface area contributed by atoms with Gasteiger partial charge in [0.1, 0.15) is 11.5 Å². The maximum Gasteiger partial charge on any atom is 0.349 e. The number of anilines is 1. The third kappa shape index (κ3) is 6.38. The molecule has 2 N–H and O–H groups in total. The van der Waals surface area contributed by atoms with Gasteiger partial charge >= 0.3 is 17.9 Å². The summed E-state index contributed by atoms with van der Waals surface area (Å²) in [4.78, 5) is 50.7. The summed E-state index contributed by atoms with van der Waals surface area (Å²) in [6.07, 6.45) is -4.22. The minimum Gasteiger partial charge on any atom is -0.497 e. The highest BCUT2D eigenvalue weighted by Gasteiger charge is 2.41. The number of aliphatic carboxylic acids is 1. The number of carbonyl (C=O) groups excluding carboxylic acids is 3. The molecule has 0 aliphatic heterocycles. The fraction of sp³-hybridized carbons (Fsp3) is 0.154. The van der Waals surface area contributed by atoms with Gasteiger partial charge in [-0.1, -0.05) is 36.4 Å². The summed E-state index contributed by atoms with van der Waals surface area (Å²) < 4.78 is 20.8. The number of hydrogen-bond donors (Lipinski definition) is 2. The third-order valence-electron chi connectivity index (χ3n) is 4.93. The molecule has 1 amide bonds. The lowest BCUT2D eigenvalue weighted by Gasteiger charge is -2.24. The molecule has 186 valence electrons. The second-order valence-corrected chi connectivity index (χ2v) is 7.28. The number of benzene rings is 3. The van der Waals surface area contributed by atoms with Gasteiger partial charge in [0, 0.05) is 6.07 Å². The highest BCUT2D eigenvalue weighted by molar-refractivity contribution is 6.02. The summed E-state index contributed by atoms with van der Waals surface area (Å²) in [5.41, 5.74) is 0.223. The van der Waals surface area contributed by atoms with Gasteiger partial charge in [-0.2, -0.15) is 0 Å². The zero-order chi connectivity index (χ0) is 26.1. The molecule has 0 aromatic heterocycles. The van der Waals surface area contributed by atoms with E-state index in [0.717, 1.165) is 0 Å². The maximum absolute atomic E-state index is 13.3. The highest BCUT2D eigenvalue weighted by Crippen LogP contribution is 2.29. The van der Waals surface area contributed by atoms with Crippen LogP contribution in [0.4, 0.5) is 5.69 Å². The topological polar surface area (TPSA) is 137 Å². The smallest absolute Gasteiger partial charge is 0.349 e. The lowest BCUT2D eigenvalue weighted by atomic mass is 10.1. The quantitative estimate of drug-likeness (QED) is 0.408. The van der Waals surface area contributed by atoms with Gasteiger partial charge in [-0.05, 0) is 36.4 Å². The second kappa shape index (κ2) is 12.0. The average molecular weight is 493 g/mol. The minimum atomic E-state index is -2.16. The van der Waals surface area contributed by atoms with Crippen molar-refractivity contribution in [2.45, 2.75) is 12.2 Å². The van der Waals surface area contributed by atoms with Crippen LogP contribution in [-0.2, 0) is 19.1 Å². The Morgan fingerprint density at radius 2 is 1.25 bits per heavy atom. The molecule has 3 aromatic carbocycles. The Morgan fingerprint density at radius 3 is 1.72 bits per heavy atom. The summed E-state index contributed by atoms with van der Waals surface area (Å²) in [5.74, 6) is -4.18. The Hall–Kier alpha value is -4.86. The molecule has 0 saturated heterocycles. The predicted octanol–water partition coefficient (Wildman–Crippen LogP) is 3.18. The summed E-state index contributed by atoms with van der Waals surface area (Å²) >= 11 is 0. The Labute approximate surface area is 206 Å².